The Hall–Kier alpha value is -2.45. The highest BCUT2D eigenvalue weighted by molar-refractivity contribution is 7.80. The Balaban J connectivity index is 1.95. The highest BCUT2D eigenvalue weighted by Crippen LogP contribution is 2.37. The zero-order chi connectivity index (χ0) is 21.1. The molecule has 1 unspecified atom stereocenters. The number of nitrogens with one attached hydrogen (secondary N) is 1. The van der Waals surface area contributed by atoms with E-state index in [9.17, 15) is 9.59 Å². The molecule has 3 rings (SSSR count). The maximum Gasteiger partial charge on any atom is 0.348 e. The first kappa shape index (κ1) is 21.3. The van der Waals surface area contributed by atoms with Gasteiger partial charge in [-0.2, -0.15) is 0 Å². The van der Waals surface area contributed by atoms with Crippen molar-refractivity contribution in [1.29, 1.82) is 0 Å². The Morgan fingerprint density at radius 2 is 1.86 bits per heavy atom. The summed E-state index contributed by atoms with van der Waals surface area (Å²) in [7, 11) is 0. The molecule has 1 aromatic heterocycles. The lowest BCUT2D eigenvalue weighted by Crippen LogP contribution is -2.38. The van der Waals surface area contributed by atoms with Crippen molar-refractivity contribution in [2.24, 2.45) is 0 Å². The molecule has 0 saturated heterocycles. The molecule has 1 aromatic carbocycles. The van der Waals surface area contributed by atoms with Gasteiger partial charge in [0.1, 0.15) is 9.88 Å². The van der Waals surface area contributed by atoms with Crippen molar-refractivity contribution in [3.63, 3.8) is 0 Å². The third-order valence-electron chi connectivity index (χ3n) is 4.73. The van der Waals surface area contributed by atoms with Crippen LogP contribution < -0.4 is 10.2 Å². The number of anilines is 2. The van der Waals surface area contributed by atoms with Gasteiger partial charge in [-0.15, -0.1) is 11.3 Å². The van der Waals surface area contributed by atoms with Crippen LogP contribution in [0.5, 0.6) is 0 Å². The second-order valence-electron chi connectivity index (χ2n) is 6.68. The lowest BCUT2D eigenvalue weighted by Gasteiger charge is -2.26. The van der Waals surface area contributed by atoms with Gasteiger partial charge in [0.2, 0.25) is 0 Å². The van der Waals surface area contributed by atoms with E-state index >= 15 is 0 Å². The molecule has 0 spiro atoms. The van der Waals surface area contributed by atoms with Crippen molar-refractivity contribution in [3.8, 4) is 0 Å². The van der Waals surface area contributed by atoms with Gasteiger partial charge in [0, 0.05) is 11.7 Å². The van der Waals surface area contributed by atoms with E-state index in [1.165, 1.54) is 5.56 Å². The molecule has 0 bridgehead atoms. The lowest BCUT2D eigenvalue weighted by atomic mass is 10.1. The number of hydrogen-bond donors (Lipinski definition) is 1. The summed E-state index contributed by atoms with van der Waals surface area (Å²) >= 11 is 6.84. The van der Waals surface area contributed by atoms with Crippen molar-refractivity contribution >= 4 is 51.3 Å². The molecule has 6 nitrogen and oxygen atoms in total. The summed E-state index contributed by atoms with van der Waals surface area (Å²) in [5.74, 6) is -0.948. The predicted octanol–water partition coefficient (Wildman–Crippen LogP) is 4.56. The van der Waals surface area contributed by atoms with Gasteiger partial charge >= 0.3 is 11.9 Å². The van der Waals surface area contributed by atoms with E-state index in [0.29, 0.717) is 26.1 Å². The predicted molar refractivity (Wildman–Crippen MR) is 119 cm³/mol. The Bertz CT molecular complexity index is 954. The Labute approximate surface area is 179 Å². The molecule has 8 heteroatoms. The number of fused-ring (bicyclic) bond motifs is 1. The molecule has 1 aliphatic heterocycles. The molecule has 0 amide bonds. The van der Waals surface area contributed by atoms with E-state index in [4.69, 9.17) is 21.7 Å². The van der Waals surface area contributed by atoms with E-state index in [1.807, 2.05) is 23.1 Å². The fourth-order valence-electron chi connectivity index (χ4n) is 3.47. The van der Waals surface area contributed by atoms with E-state index in [0.717, 1.165) is 23.4 Å². The number of thiophene rings is 1. The summed E-state index contributed by atoms with van der Waals surface area (Å²) in [6.07, 6.45) is 0.889. The maximum atomic E-state index is 12.6. The van der Waals surface area contributed by atoms with Crippen molar-refractivity contribution in [2.45, 2.75) is 40.2 Å². The summed E-state index contributed by atoms with van der Waals surface area (Å²) in [5.41, 5.74) is 3.13. The average molecular weight is 433 g/mol. The minimum Gasteiger partial charge on any atom is -0.462 e. The number of hydrogen-bond acceptors (Lipinski definition) is 6. The van der Waals surface area contributed by atoms with E-state index in [1.54, 1.807) is 20.8 Å². The number of esters is 2. The maximum absolute atomic E-state index is 12.6. The standard InChI is InChI=1S/C21H24N2O4S2/c1-5-26-19(24)16-13(4)17(20(25)27-6-2)29-18(16)22-21(28)23-12(3)11-14-9-7-8-10-15(14)23/h7-10,12H,5-6,11H2,1-4H3,(H,22,28). The Morgan fingerprint density at radius 3 is 2.55 bits per heavy atom. The van der Waals surface area contributed by atoms with Crippen LogP contribution in [0.1, 0.15) is 51.9 Å². The topological polar surface area (TPSA) is 67.9 Å². The van der Waals surface area contributed by atoms with Crippen LogP contribution >= 0.6 is 23.6 Å². The SMILES string of the molecule is CCOC(=O)c1sc(NC(=S)N2c3ccccc3CC2C)c(C(=O)OCC)c1C. The van der Waals surface area contributed by atoms with Crippen LogP contribution in [0.3, 0.4) is 0 Å². The molecule has 0 radical (unpaired) electrons. The molecule has 1 aliphatic rings. The largest absolute Gasteiger partial charge is 0.462 e. The van der Waals surface area contributed by atoms with Gasteiger partial charge in [-0.05, 0) is 63.5 Å². The summed E-state index contributed by atoms with van der Waals surface area (Å²) < 4.78 is 10.3. The van der Waals surface area contributed by atoms with Crippen LogP contribution in [0.25, 0.3) is 0 Å². The minimum atomic E-state index is -0.489. The second kappa shape index (κ2) is 8.92. The highest BCUT2D eigenvalue weighted by atomic mass is 32.1. The van der Waals surface area contributed by atoms with Crippen LogP contribution in [0, 0.1) is 6.92 Å². The summed E-state index contributed by atoms with van der Waals surface area (Å²) in [4.78, 5) is 27.3. The van der Waals surface area contributed by atoms with Gasteiger partial charge in [0.15, 0.2) is 5.11 Å². The van der Waals surface area contributed by atoms with Crippen molar-refractivity contribution < 1.29 is 19.1 Å². The molecule has 0 aliphatic carbocycles. The molecular formula is C21H24N2O4S2. The molecule has 1 N–H and O–H groups in total. The smallest absolute Gasteiger partial charge is 0.348 e. The van der Waals surface area contributed by atoms with E-state index in [-0.39, 0.29) is 19.3 Å². The van der Waals surface area contributed by atoms with Crippen LogP contribution in [0.2, 0.25) is 0 Å². The van der Waals surface area contributed by atoms with Gasteiger partial charge in [-0.3, -0.25) is 0 Å². The Kier molecular flexibility index (Phi) is 6.54. The normalized spacial score (nSPS) is 15.0. The molecule has 0 fully saturated rings. The van der Waals surface area contributed by atoms with Crippen molar-refractivity contribution in [2.75, 3.05) is 23.4 Å². The summed E-state index contributed by atoms with van der Waals surface area (Å²) in [6.45, 7) is 7.80. The highest BCUT2D eigenvalue weighted by Gasteiger charge is 2.31. The number of benzene rings is 1. The molecule has 1 atom stereocenters. The number of carbonyl (C=O) groups is 2. The number of para-hydroxylation sites is 1. The number of rotatable bonds is 5. The number of carbonyl (C=O) groups excluding carboxylic acids is 2. The van der Waals surface area contributed by atoms with Gasteiger partial charge < -0.3 is 19.7 Å². The first-order chi connectivity index (χ1) is 13.9. The third kappa shape index (κ3) is 4.13. The molecule has 2 aromatic rings. The lowest BCUT2D eigenvalue weighted by molar-refractivity contribution is 0.0527. The van der Waals surface area contributed by atoms with E-state index in [2.05, 4.69) is 18.3 Å². The summed E-state index contributed by atoms with van der Waals surface area (Å²) in [6, 6.07) is 8.29. The molecule has 29 heavy (non-hydrogen) atoms. The van der Waals surface area contributed by atoms with Gasteiger partial charge in [0.25, 0.3) is 0 Å². The zero-order valence-electron chi connectivity index (χ0n) is 16.9. The molecule has 2 heterocycles. The molecule has 154 valence electrons. The number of thiocarbonyl (C=S) groups is 1. The monoisotopic (exact) mass is 432 g/mol. The number of ether oxygens (including phenoxy) is 2. The fraction of sp³-hybridized carbons (Fsp3) is 0.381. The van der Waals surface area contributed by atoms with Gasteiger partial charge in [0.05, 0.1) is 18.8 Å². The first-order valence-electron chi connectivity index (χ1n) is 9.54. The third-order valence-corrected chi connectivity index (χ3v) is 6.22. The number of nitrogens with zero attached hydrogens (tertiary/aromatic N) is 1. The van der Waals surface area contributed by atoms with Crippen LogP contribution in [-0.2, 0) is 15.9 Å². The van der Waals surface area contributed by atoms with E-state index < -0.39 is 11.9 Å². The average Bonchev–Trinajstić information content (AvgIpc) is 3.18. The summed E-state index contributed by atoms with van der Waals surface area (Å²) in [5, 5.41) is 4.16. The van der Waals surface area contributed by atoms with Crippen molar-refractivity contribution in [3.05, 3.63) is 45.8 Å². The molecular weight excluding hydrogens is 408 g/mol. The second-order valence-corrected chi connectivity index (χ2v) is 8.09. The quantitative estimate of drug-likeness (QED) is 0.549. The van der Waals surface area contributed by atoms with Crippen LogP contribution in [0.15, 0.2) is 24.3 Å². The zero-order valence-corrected chi connectivity index (χ0v) is 18.5. The Morgan fingerprint density at radius 1 is 1.21 bits per heavy atom. The van der Waals surface area contributed by atoms with Crippen LogP contribution in [0.4, 0.5) is 10.7 Å². The fourth-order valence-corrected chi connectivity index (χ4v) is 5.01. The minimum absolute atomic E-state index is 0.184. The van der Waals surface area contributed by atoms with Crippen LogP contribution in [-0.4, -0.2) is 36.3 Å². The molecule has 0 saturated carbocycles. The first-order valence-corrected chi connectivity index (χ1v) is 10.8. The van der Waals surface area contributed by atoms with Gasteiger partial charge in [-0.25, -0.2) is 9.59 Å². The van der Waals surface area contributed by atoms with Gasteiger partial charge in [-0.1, -0.05) is 18.2 Å². The van der Waals surface area contributed by atoms with Crippen molar-refractivity contribution in [1.82, 2.24) is 0 Å².